The van der Waals surface area contributed by atoms with Crippen LogP contribution in [0, 0.1) is 11.8 Å². The number of likely N-dealkylation sites (tertiary alicyclic amines) is 1. The van der Waals surface area contributed by atoms with Crippen LogP contribution in [0.25, 0.3) is 5.69 Å². The van der Waals surface area contributed by atoms with E-state index in [2.05, 4.69) is 29.2 Å². The minimum atomic E-state index is -0.140. The minimum Gasteiger partial charge on any atom is -0.469 e. The van der Waals surface area contributed by atoms with Gasteiger partial charge in [0.1, 0.15) is 0 Å². The van der Waals surface area contributed by atoms with Gasteiger partial charge in [0.05, 0.1) is 24.9 Å². The molecule has 28 heavy (non-hydrogen) atoms. The summed E-state index contributed by atoms with van der Waals surface area (Å²) < 4.78 is 6.82. The molecule has 1 fully saturated rings. The van der Waals surface area contributed by atoms with Crippen molar-refractivity contribution in [2.45, 2.75) is 20.3 Å². The average Bonchev–Trinajstić information content (AvgIpc) is 3.34. The summed E-state index contributed by atoms with van der Waals surface area (Å²) in [7, 11) is 1.45. The van der Waals surface area contributed by atoms with Crippen LogP contribution in [0.15, 0.2) is 47.7 Å². The molecule has 1 aliphatic heterocycles. The number of guanidine groups is 1. The van der Waals surface area contributed by atoms with Gasteiger partial charge < -0.3 is 15.0 Å². The molecule has 1 aromatic carbocycles. The van der Waals surface area contributed by atoms with Gasteiger partial charge in [0.2, 0.25) is 0 Å². The number of carbonyl (C=O) groups excluding carboxylic acids is 1. The lowest BCUT2D eigenvalue weighted by molar-refractivity contribution is -0.145. The Morgan fingerprint density at radius 1 is 1.32 bits per heavy atom. The van der Waals surface area contributed by atoms with E-state index >= 15 is 0 Å². The first-order chi connectivity index (χ1) is 13.6. The van der Waals surface area contributed by atoms with Crippen molar-refractivity contribution in [3.8, 4) is 5.69 Å². The topological polar surface area (TPSA) is 71.8 Å². The van der Waals surface area contributed by atoms with Crippen LogP contribution < -0.4 is 5.32 Å². The van der Waals surface area contributed by atoms with Crippen LogP contribution in [0.1, 0.15) is 19.4 Å². The van der Waals surface area contributed by atoms with Crippen LogP contribution in [0.3, 0.4) is 0 Å². The number of nitrogens with zero attached hydrogens (tertiary/aromatic N) is 4. The fourth-order valence-electron chi connectivity index (χ4n) is 3.53. The molecule has 1 N–H and O–H groups in total. The lowest BCUT2D eigenvalue weighted by Crippen LogP contribution is -2.40. The largest absolute Gasteiger partial charge is 0.469 e. The molecular formula is C21H29N5O2. The first-order valence-electron chi connectivity index (χ1n) is 9.82. The van der Waals surface area contributed by atoms with Crippen molar-refractivity contribution in [3.63, 3.8) is 0 Å². The Kier molecular flexibility index (Phi) is 6.68. The van der Waals surface area contributed by atoms with E-state index in [1.807, 2.05) is 47.4 Å². The van der Waals surface area contributed by atoms with Crippen molar-refractivity contribution < 1.29 is 9.53 Å². The number of aliphatic imine (C=N–C) groups is 1. The maximum Gasteiger partial charge on any atom is 0.310 e. The normalized spacial score (nSPS) is 19.7. The Hall–Kier alpha value is -2.83. The number of benzene rings is 1. The fourth-order valence-corrected chi connectivity index (χ4v) is 3.53. The van der Waals surface area contributed by atoms with Gasteiger partial charge >= 0.3 is 5.97 Å². The standard InChI is InChI=1S/C21H29N5O2/c1-4-22-21(25-13-16(2)19(15-25)20(27)28-3)23-11-10-17-12-24-26(14-17)18-8-6-5-7-9-18/h5-9,12,14,16,19H,4,10-11,13,15H2,1-3H3,(H,22,23). The van der Waals surface area contributed by atoms with Crippen LogP contribution in [-0.4, -0.2) is 59.9 Å². The number of rotatable bonds is 6. The Labute approximate surface area is 166 Å². The first kappa shape index (κ1) is 19.9. The zero-order valence-electron chi connectivity index (χ0n) is 16.8. The van der Waals surface area contributed by atoms with Gasteiger partial charge in [-0.15, -0.1) is 0 Å². The molecule has 3 rings (SSSR count). The Balaban J connectivity index is 1.61. The number of nitrogens with one attached hydrogen (secondary N) is 1. The van der Waals surface area contributed by atoms with Gasteiger partial charge in [0.25, 0.3) is 0 Å². The van der Waals surface area contributed by atoms with E-state index in [0.29, 0.717) is 13.1 Å². The molecule has 2 atom stereocenters. The maximum atomic E-state index is 12.0. The maximum absolute atomic E-state index is 12.0. The number of hydrogen-bond donors (Lipinski definition) is 1. The third-order valence-electron chi connectivity index (χ3n) is 5.07. The highest BCUT2D eigenvalue weighted by molar-refractivity contribution is 5.82. The summed E-state index contributed by atoms with van der Waals surface area (Å²) in [6.07, 6.45) is 4.75. The summed E-state index contributed by atoms with van der Waals surface area (Å²) in [6.45, 7) is 7.04. The van der Waals surface area contributed by atoms with Crippen LogP contribution in [-0.2, 0) is 16.0 Å². The van der Waals surface area contributed by atoms with Gasteiger partial charge in [-0.2, -0.15) is 5.10 Å². The van der Waals surface area contributed by atoms with Crippen LogP contribution in [0.2, 0.25) is 0 Å². The van der Waals surface area contributed by atoms with Gasteiger partial charge in [-0.25, -0.2) is 4.68 Å². The van der Waals surface area contributed by atoms with Crippen molar-refractivity contribution >= 4 is 11.9 Å². The van der Waals surface area contributed by atoms with E-state index < -0.39 is 0 Å². The zero-order chi connectivity index (χ0) is 19.9. The van der Waals surface area contributed by atoms with Crippen molar-refractivity contribution in [1.82, 2.24) is 20.0 Å². The predicted octanol–water partition coefficient (Wildman–Crippen LogP) is 2.12. The fraction of sp³-hybridized carbons (Fsp3) is 0.476. The molecule has 1 saturated heterocycles. The Morgan fingerprint density at radius 3 is 2.82 bits per heavy atom. The summed E-state index contributed by atoms with van der Waals surface area (Å²) in [5.41, 5.74) is 2.19. The molecule has 2 unspecified atom stereocenters. The second-order valence-corrected chi connectivity index (χ2v) is 7.13. The number of aromatic nitrogens is 2. The molecule has 150 valence electrons. The molecule has 0 amide bonds. The Morgan fingerprint density at radius 2 is 2.11 bits per heavy atom. The Bertz CT molecular complexity index is 802. The van der Waals surface area contributed by atoms with E-state index in [0.717, 1.165) is 36.7 Å². The second kappa shape index (κ2) is 9.39. The summed E-state index contributed by atoms with van der Waals surface area (Å²) in [4.78, 5) is 18.9. The number of carbonyl (C=O) groups is 1. The second-order valence-electron chi connectivity index (χ2n) is 7.13. The highest BCUT2D eigenvalue weighted by Gasteiger charge is 2.36. The third kappa shape index (κ3) is 4.71. The molecule has 0 aliphatic carbocycles. The highest BCUT2D eigenvalue weighted by Crippen LogP contribution is 2.24. The molecule has 1 aliphatic rings. The van der Waals surface area contributed by atoms with Crippen molar-refractivity contribution in [1.29, 1.82) is 0 Å². The number of esters is 1. The molecule has 0 bridgehead atoms. The van der Waals surface area contributed by atoms with Gasteiger partial charge in [-0.05, 0) is 37.0 Å². The van der Waals surface area contributed by atoms with Crippen molar-refractivity contribution in [2.24, 2.45) is 16.8 Å². The number of hydrogen-bond acceptors (Lipinski definition) is 4. The molecule has 7 nitrogen and oxygen atoms in total. The number of methoxy groups -OCH3 is 1. The lowest BCUT2D eigenvalue weighted by Gasteiger charge is -2.21. The van der Waals surface area contributed by atoms with Crippen molar-refractivity contribution in [3.05, 3.63) is 48.3 Å². The molecule has 0 spiro atoms. The first-order valence-corrected chi connectivity index (χ1v) is 9.82. The van der Waals surface area contributed by atoms with Gasteiger partial charge in [-0.1, -0.05) is 25.1 Å². The molecule has 0 saturated carbocycles. The smallest absolute Gasteiger partial charge is 0.310 e. The molecular weight excluding hydrogens is 354 g/mol. The predicted molar refractivity (Wildman–Crippen MR) is 109 cm³/mol. The quantitative estimate of drug-likeness (QED) is 0.470. The third-order valence-corrected chi connectivity index (χ3v) is 5.07. The summed E-state index contributed by atoms with van der Waals surface area (Å²) >= 11 is 0. The van der Waals surface area contributed by atoms with Gasteiger partial charge in [-0.3, -0.25) is 9.79 Å². The monoisotopic (exact) mass is 383 g/mol. The molecule has 2 aromatic rings. The van der Waals surface area contributed by atoms with Crippen LogP contribution in [0.5, 0.6) is 0 Å². The average molecular weight is 383 g/mol. The summed E-state index contributed by atoms with van der Waals surface area (Å²) in [5.74, 6) is 0.869. The van der Waals surface area contributed by atoms with E-state index in [9.17, 15) is 4.79 Å². The SMILES string of the molecule is CCNC(=NCCc1cnn(-c2ccccc2)c1)N1CC(C)C(C(=O)OC)C1. The van der Waals surface area contributed by atoms with Crippen molar-refractivity contribution in [2.75, 3.05) is 33.3 Å². The van der Waals surface area contributed by atoms with Gasteiger partial charge in [0, 0.05) is 32.4 Å². The zero-order valence-corrected chi connectivity index (χ0v) is 16.8. The summed E-state index contributed by atoms with van der Waals surface area (Å²) in [6, 6.07) is 10.1. The molecule has 7 heteroatoms. The van der Waals surface area contributed by atoms with Crippen LogP contribution >= 0.6 is 0 Å². The molecule has 0 radical (unpaired) electrons. The lowest BCUT2D eigenvalue weighted by atomic mass is 9.99. The number of para-hydroxylation sites is 1. The summed E-state index contributed by atoms with van der Waals surface area (Å²) in [5, 5.41) is 7.78. The molecule has 1 aromatic heterocycles. The minimum absolute atomic E-state index is 0.0991. The van der Waals surface area contributed by atoms with E-state index in [4.69, 9.17) is 9.73 Å². The molecule has 2 heterocycles. The number of ether oxygens (including phenoxy) is 1. The van der Waals surface area contributed by atoms with Crippen LogP contribution in [0.4, 0.5) is 0 Å². The van der Waals surface area contributed by atoms with E-state index in [1.54, 1.807) is 0 Å². The van der Waals surface area contributed by atoms with E-state index in [-0.39, 0.29) is 17.8 Å². The van der Waals surface area contributed by atoms with E-state index in [1.165, 1.54) is 7.11 Å². The van der Waals surface area contributed by atoms with Gasteiger partial charge in [0.15, 0.2) is 5.96 Å². The highest BCUT2D eigenvalue weighted by atomic mass is 16.5.